The van der Waals surface area contributed by atoms with E-state index in [1.165, 1.54) is 6.07 Å². The monoisotopic (exact) mass is 261 g/mol. The quantitative estimate of drug-likeness (QED) is 0.678. The first-order valence-electron chi connectivity index (χ1n) is 2.70. The molecular formula is C6H4IN3O. The first kappa shape index (κ1) is 8.07. The van der Waals surface area contributed by atoms with Gasteiger partial charge in [0.15, 0.2) is 0 Å². The molecule has 1 rings (SSSR count). The summed E-state index contributed by atoms with van der Waals surface area (Å²) in [5.41, 5.74) is 5.50. The summed E-state index contributed by atoms with van der Waals surface area (Å²) in [5.74, 6) is -0.0764. The van der Waals surface area contributed by atoms with Crippen molar-refractivity contribution in [1.29, 1.82) is 5.26 Å². The number of nitrogens with two attached hydrogens (primary N) is 1. The maximum Gasteiger partial charge on any atom is 0.231 e. The molecule has 0 saturated carbocycles. The third kappa shape index (κ3) is 1.51. The molecule has 0 radical (unpaired) electrons. The van der Waals surface area contributed by atoms with Gasteiger partial charge in [-0.15, -0.1) is 0 Å². The van der Waals surface area contributed by atoms with Crippen LogP contribution in [0, 0.1) is 14.9 Å². The zero-order chi connectivity index (χ0) is 8.43. The van der Waals surface area contributed by atoms with Crippen molar-refractivity contribution in [2.45, 2.75) is 0 Å². The number of halogens is 1. The van der Waals surface area contributed by atoms with Crippen molar-refractivity contribution in [3.05, 3.63) is 15.2 Å². The van der Waals surface area contributed by atoms with Crippen molar-refractivity contribution in [2.75, 3.05) is 5.73 Å². The van der Waals surface area contributed by atoms with Crippen LogP contribution in [0.2, 0.25) is 0 Å². The second-order valence-electron chi connectivity index (χ2n) is 1.84. The van der Waals surface area contributed by atoms with Crippen LogP contribution in [0.4, 0.5) is 5.82 Å². The summed E-state index contributed by atoms with van der Waals surface area (Å²) in [6.07, 6.45) is 0. The molecule has 1 aromatic rings. The number of hydrogen-bond donors (Lipinski definition) is 2. The predicted molar refractivity (Wildman–Crippen MR) is 47.7 cm³/mol. The summed E-state index contributed by atoms with van der Waals surface area (Å²) in [5, 5.41) is 17.4. The molecule has 0 saturated heterocycles. The molecule has 4 nitrogen and oxygen atoms in total. The number of pyridine rings is 1. The van der Waals surface area contributed by atoms with E-state index in [1.807, 2.05) is 22.6 Å². The Morgan fingerprint density at radius 3 is 2.91 bits per heavy atom. The van der Waals surface area contributed by atoms with E-state index in [0.29, 0.717) is 3.57 Å². The van der Waals surface area contributed by atoms with Gasteiger partial charge in [0.2, 0.25) is 5.88 Å². The zero-order valence-electron chi connectivity index (χ0n) is 5.37. The number of nitriles is 1. The lowest BCUT2D eigenvalue weighted by molar-refractivity contribution is 0.452. The van der Waals surface area contributed by atoms with Crippen LogP contribution in [-0.2, 0) is 0 Å². The molecule has 0 atom stereocenters. The second kappa shape index (κ2) is 2.92. The van der Waals surface area contributed by atoms with Crippen molar-refractivity contribution < 1.29 is 5.11 Å². The molecule has 0 amide bonds. The Morgan fingerprint density at radius 1 is 1.73 bits per heavy atom. The van der Waals surface area contributed by atoms with Crippen molar-refractivity contribution in [3.63, 3.8) is 0 Å². The number of anilines is 1. The average Bonchev–Trinajstić information content (AvgIpc) is 1.97. The van der Waals surface area contributed by atoms with Crippen molar-refractivity contribution in [1.82, 2.24) is 4.98 Å². The minimum Gasteiger partial charge on any atom is -0.492 e. The highest BCUT2D eigenvalue weighted by atomic mass is 127. The lowest BCUT2D eigenvalue weighted by Crippen LogP contribution is -1.95. The topological polar surface area (TPSA) is 82.9 Å². The molecule has 0 aliphatic carbocycles. The fourth-order valence-corrected chi connectivity index (χ4v) is 1.01. The molecule has 1 heterocycles. The summed E-state index contributed by atoms with van der Waals surface area (Å²) in [6, 6.07) is 3.27. The second-order valence-corrected chi connectivity index (χ2v) is 3.00. The van der Waals surface area contributed by atoms with E-state index in [1.54, 1.807) is 6.07 Å². The molecular weight excluding hydrogens is 257 g/mol. The number of aromatic nitrogens is 1. The number of nitrogen functional groups attached to an aromatic ring is 1. The van der Waals surface area contributed by atoms with Crippen LogP contribution in [0.5, 0.6) is 5.88 Å². The van der Waals surface area contributed by atoms with Crippen molar-refractivity contribution >= 4 is 28.4 Å². The van der Waals surface area contributed by atoms with Crippen LogP contribution in [0.15, 0.2) is 6.07 Å². The number of hydrogen-bond acceptors (Lipinski definition) is 4. The van der Waals surface area contributed by atoms with Gasteiger partial charge in [0.05, 0.1) is 3.57 Å². The van der Waals surface area contributed by atoms with Crippen molar-refractivity contribution in [3.8, 4) is 11.9 Å². The van der Waals surface area contributed by atoms with E-state index in [0.717, 1.165) is 0 Å². The van der Waals surface area contributed by atoms with Crippen molar-refractivity contribution in [2.24, 2.45) is 0 Å². The van der Waals surface area contributed by atoms with Gasteiger partial charge in [-0.25, -0.2) is 0 Å². The van der Waals surface area contributed by atoms with Gasteiger partial charge in [0.25, 0.3) is 0 Å². The average molecular weight is 261 g/mol. The summed E-state index contributed by atoms with van der Waals surface area (Å²) in [4.78, 5) is 3.55. The maximum absolute atomic E-state index is 9.00. The number of rotatable bonds is 0. The van der Waals surface area contributed by atoms with Gasteiger partial charge in [-0.2, -0.15) is 10.2 Å². The zero-order valence-corrected chi connectivity index (χ0v) is 7.53. The molecule has 5 heteroatoms. The van der Waals surface area contributed by atoms with Gasteiger partial charge >= 0.3 is 0 Å². The highest BCUT2D eigenvalue weighted by molar-refractivity contribution is 14.1. The molecule has 0 aromatic carbocycles. The molecule has 0 unspecified atom stereocenters. The van der Waals surface area contributed by atoms with E-state index in [4.69, 9.17) is 16.1 Å². The maximum atomic E-state index is 9.00. The largest absolute Gasteiger partial charge is 0.492 e. The SMILES string of the molecule is N#Cc1cc(I)c(N)nc1O. The predicted octanol–water partition coefficient (Wildman–Crippen LogP) is 0.846. The van der Waals surface area contributed by atoms with Crippen LogP contribution in [0.3, 0.4) is 0 Å². The first-order valence-corrected chi connectivity index (χ1v) is 3.78. The fraction of sp³-hybridized carbons (Fsp3) is 0. The molecule has 3 N–H and O–H groups in total. The smallest absolute Gasteiger partial charge is 0.231 e. The molecule has 1 aromatic heterocycles. The van der Waals surface area contributed by atoms with Gasteiger partial charge in [-0.1, -0.05) is 0 Å². The van der Waals surface area contributed by atoms with Crippen LogP contribution in [-0.4, -0.2) is 10.1 Å². The number of nitrogens with zero attached hydrogens (tertiary/aromatic N) is 2. The minimum absolute atomic E-state index is 0.142. The molecule has 0 aliphatic rings. The van der Waals surface area contributed by atoms with Crippen LogP contribution < -0.4 is 5.73 Å². The highest BCUT2D eigenvalue weighted by Crippen LogP contribution is 2.20. The Bertz CT molecular complexity index is 331. The molecule has 0 fully saturated rings. The Kier molecular flexibility index (Phi) is 2.14. The van der Waals surface area contributed by atoms with E-state index in [9.17, 15) is 0 Å². The Labute approximate surface area is 76.8 Å². The number of aromatic hydroxyl groups is 1. The molecule has 0 aliphatic heterocycles. The molecule has 56 valence electrons. The molecule has 0 spiro atoms. The lowest BCUT2D eigenvalue weighted by atomic mass is 10.3. The summed E-state index contributed by atoms with van der Waals surface area (Å²) < 4.78 is 0.664. The first-order chi connectivity index (χ1) is 5.15. The highest BCUT2D eigenvalue weighted by Gasteiger charge is 2.05. The van der Waals surface area contributed by atoms with E-state index in [2.05, 4.69) is 4.98 Å². The molecule has 11 heavy (non-hydrogen) atoms. The van der Waals surface area contributed by atoms with Gasteiger partial charge in [0, 0.05) is 0 Å². The van der Waals surface area contributed by atoms with Gasteiger partial charge < -0.3 is 10.8 Å². The summed E-state index contributed by atoms with van der Waals surface area (Å²) in [7, 11) is 0. The summed E-state index contributed by atoms with van der Waals surface area (Å²) >= 11 is 1.94. The summed E-state index contributed by atoms with van der Waals surface area (Å²) in [6.45, 7) is 0. The van der Waals surface area contributed by atoms with Crippen LogP contribution in [0.1, 0.15) is 5.56 Å². The Hall–Kier alpha value is -1.03. The normalized spacial score (nSPS) is 9.09. The Balaban J connectivity index is 3.35. The fourth-order valence-electron chi connectivity index (χ4n) is 0.575. The third-order valence-corrected chi connectivity index (χ3v) is 1.97. The van der Waals surface area contributed by atoms with Gasteiger partial charge in [-0.3, -0.25) is 0 Å². The lowest BCUT2D eigenvalue weighted by Gasteiger charge is -1.98. The minimum atomic E-state index is -0.314. The standard InChI is InChI=1S/C6H4IN3O/c7-4-1-3(2-8)6(11)10-5(4)9/h1H,(H3,9,10,11). The third-order valence-electron chi connectivity index (χ3n) is 1.10. The van der Waals surface area contributed by atoms with Gasteiger partial charge in [-0.05, 0) is 28.7 Å². The van der Waals surface area contributed by atoms with E-state index >= 15 is 0 Å². The van der Waals surface area contributed by atoms with E-state index in [-0.39, 0.29) is 17.3 Å². The van der Waals surface area contributed by atoms with Gasteiger partial charge in [0.1, 0.15) is 17.5 Å². The van der Waals surface area contributed by atoms with E-state index < -0.39 is 0 Å². The van der Waals surface area contributed by atoms with Crippen LogP contribution in [0.25, 0.3) is 0 Å². The van der Waals surface area contributed by atoms with Crippen LogP contribution >= 0.6 is 22.6 Å². The Morgan fingerprint density at radius 2 is 2.36 bits per heavy atom. The molecule has 0 bridgehead atoms.